The van der Waals surface area contributed by atoms with Gasteiger partial charge in [0.2, 0.25) is 0 Å². The Hall–Kier alpha value is -3.62. The van der Waals surface area contributed by atoms with Gasteiger partial charge in [-0.15, -0.1) is 6.58 Å². The molecule has 0 saturated carbocycles. The molecule has 0 radical (unpaired) electrons. The van der Waals surface area contributed by atoms with Crippen LogP contribution in [0.15, 0.2) is 134 Å². The summed E-state index contributed by atoms with van der Waals surface area (Å²) in [6.07, 6.45) is -3.58. The van der Waals surface area contributed by atoms with Gasteiger partial charge in [-0.05, 0) is 22.3 Å². The molecule has 4 aromatic carbocycles. The first-order valence-corrected chi connectivity index (χ1v) is 13.8. The second-order valence-electron chi connectivity index (χ2n) is 9.99. The van der Waals surface area contributed by atoms with Crippen LogP contribution in [0.3, 0.4) is 0 Å². The number of ether oxygens (including phenoxy) is 4. The molecule has 1 saturated heterocycles. The Morgan fingerprint density at radius 3 is 1.66 bits per heavy atom. The molecule has 2 N–H and O–H groups in total. The predicted octanol–water partition coefficient (Wildman–Crippen LogP) is 5.23. The molecule has 1 fully saturated rings. The summed E-state index contributed by atoms with van der Waals surface area (Å²) in [6, 6.07) is 39.6. The van der Waals surface area contributed by atoms with Crippen molar-refractivity contribution in [1.29, 1.82) is 0 Å². The second-order valence-corrected chi connectivity index (χ2v) is 9.99. The summed E-state index contributed by atoms with van der Waals surface area (Å²) in [7, 11) is 0. The van der Waals surface area contributed by atoms with E-state index >= 15 is 0 Å². The maximum absolute atomic E-state index is 11.6. The molecule has 41 heavy (non-hydrogen) atoms. The van der Waals surface area contributed by atoms with Gasteiger partial charge >= 0.3 is 0 Å². The highest BCUT2D eigenvalue weighted by Crippen LogP contribution is 2.41. The molecule has 6 heteroatoms. The minimum atomic E-state index is -1.34. The highest BCUT2D eigenvalue weighted by Gasteiger charge is 2.48. The standard InChI is InChI=1S/C35H36O6/c1-2-23-38-33-32(39-24-26-15-7-3-8-16-26)31(36)30(41-34(33)37)25-40-35(27-17-9-4-10-18-27,28-19-11-5-12-20-28)29-21-13-6-14-22-29/h2-22,30-34,36-37H,1,23-25H2/t30-,31-,32+,33-,34+/m1/s1. The van der Waals surface area contributed by atoms with Crippen molar-refractivity contribution >= 4 is 0 Å². The molecule has 212 valence electrons. The molecule has 6 nitrogen and oxygen atoms in total. The van der Waals surface area contributed by atoms with Gasteiger partial charge in [-0.3, -0.25) is 0 Å². The zero-order chi connectivity index (χ0) is 28.5. The lowest BCUT2D eigenvalue weighted by atomic mass is 9.80. The van der Waals surface area contributed by atoms with Crippen molar-refractivity contribution < 1.29 is 29.2 Å². The average Bonchev–Trinajstić information content (AvgIpc) is 3.03. The first kappa shape index (κ1) is 28.9. The van der Waals surface area contributed by atoms with Gasteiger partial charge in [0, 0.05) is 0 Å². The third-order valence-electron chi connectivity index (χ3n) is 7.33. The molecule has 0 aromatic heterocycles. The Labute approximate surface area is 241 Å². The van der Waals surface area contributed by atoms with E-state index < -0.39 is 36.3 Å². The number of hydrogen-bond acceptors (Lipinski definition) is 6. The molecule has 0 spiro atoms. The summed E-state index contributed by atoms with van der Waals surface area (Å²) < 4.78 is 24.8. The van der Waals surface area contributed by atoms with Crippen LogP contribution in [0.25, 0.3) is 0 Å². The van der Waals surface area contributed by atoms with Crippen LogP contribution in [0, 0.1) is 0 Å². The molecule has 1 aliphatic rings. The Kier molecular flexibility index (Phi) is 9.75. The van der Waals surface area contributed by atoms with Crippen molar-refractivity contribution in [3.63, 3.8) is 0 Å². The van der Waals surface area contributed by atoms with E-state index in [4.69, 9.17) is 18.9 Å². The summed E-state index contributed by atoms with van der Waals surface area (Å²) in [6.45, 7) is 4.07. The lowest BCUT2D eigenvalue weighted by Gasteiger charge is -2.44. The minimum absolute atomic E-state index is 0.0315. The molecular formula is C35H36O6. The van der Waals surface area contributed by atoms with E-state index in [1.165, 1.54) is 0 Å². The minimum Gasteiger partial charge on any atom is -0.387 e. The lowest BCUT2D eigenvalue weighted by Crippen LogP contribution is -2.60. The molecule has 0 amide bonds. The fraction of sp³-hybridized carbons (Fsp3) is 0.257. The van der Waals surface area contributed by atoms with E-state index in [1.807, 2.05) is 121 Å². The zero-order valence-electron chi connectivity index (χ0n) is 22.9. The Morgan fingerprint density at radius 2 is 1.17 bits per heavy atom. The normalized spacial score (nSPS) is 22.7. The number of aliphatic hydroxyl groups excluding tert-OH is 2. The predicted molar refractivity (Wildman–Crippen MR) is 157 cm³/mol. The van der Waals surface area contributed by atoms with Crippen LogP contribution in [0.4, 0.5) is 0 Å². The number of aliphatic hydroxyl groups is 2. The third-order valence-corrected chi connectivity index (χ3v) is 7.33. The van der Waals surface area contributed by atoms with Crippen LogP contribution in [-0.2, 0) is 31.2 Å². The smallest absolute Gasteiger partial charge is 0.184 e. The van der Waals surface area contributed by atoms with E-state index in [0.29, 0.717) is 0 Å². The first-order chi connectivity index (χ1) is 20.1. The van der Waals surface area contributed by atoms with Gasteiger partial charge in [-0.25, -0.2) is 0 Å². The van der Waals surface area contributed by atoms with Gasteiger partial charge in [0.05, 0.1) is 19.8 Å². The summed E-state index contributed by atoms with van der Waals surface area (Å²) in [5.41, 5.74) is 2.70. The first-order valence-electron chi connectivity index (χ1n) is 13.8. The summed E-state index contributed by atoms with van der Waals surface area (Å²) in [5, 5.41) is 22.6. The Bertz CT molecular complexity index is 1240. The van der Waals surface area contributed by atoms with E-state index in [2.05, 4.69) is 6.58 Å². The van der Waals surface area contributed by atoms with Gasteiger partial charge < -0.3 is 29.2 Å². The van der Waals surface area contributed by atoms with Crippen LogP contribution in [-0.4, -0.2) is 54.1 Å². The zero-order valence-corrected chi connectivity index (χ0v) is 22.9. The molecule has 0 unspecified atom stereocenters. The largest absolute Gasteiger partial charge is 0.387 e. The second kappa shape index (κ2) is 13.8. The van der Waals surface area contributed by atoms with Crippen LogP contribution >= 0.6 is 0 Å². The van der Waals surface area contributed by atoms with Gasteiger partial charge in [0.15, 0.2) is 6.29 Å². The van der Waals surface area contributed by atoms with E-state index in [-0.39, 0.29) is 19.8 Å². The molecular weight excluding hydrogens is 516 g/mol. The fourth-order valence-electron chi connectivity index (χ4n) is 5.34. The van der Waals surface area contributed by atoms with Crippen molar-refractivity contribution in [3.05, 3.63) is 156 Å². The molecule has 4 aromatic rings. The maximum atomic E-state index is 11.6. The summed E-state index contributed by atoms with van der Waals surface area (Å²) in [5.74, 6) is 0. The molecule has 1 aliphatic heterocycles. The van der Waals surface area contributed by atoms with Gasteiger partial charge in [0.25, 0.3) is 0 Å². The summed E-state index contributed by atoms with van der Waals surface area (Å²) in [4.78, 5) is 0. The van der Waals surface area contributed by atoms with Crippen LogP contribution in [0.5, 0.6) is 0 Å². The van der Waals surface area contributed by atoms with Crippen molar-refractivity contribution in [2.24, 2.45) is 0 Å². The topological polar surface area (TPSA) is 77.4 Å². The lowest BCUT2D eigenvalue weighted by molar-refractivity contribution is -0.307. The quantitative estimate of drug-likeness (QED) is 0.185. The van der Waals surface area contributed by atoms with E-state index in [1.54, 1.807) is 6.08 Å². The Balaban J connectivity index is 1.46. The molecule has 5 atom stereocenters. The molecule has 1 heterocycles. The van der Waals surface area contributed by atoms with Gasteiger partial charge in [-0.2, -0.15) is 0 Å². The molecule has 5 rings (SSSR count). The Morgan fingerprint density at radius 1 is 0.683 bits per heavy atom. The fourth-order valence-corrected chi connectivity index (χ4v) is 5.34. The van der Waals surface area contributed by atoms with E-state index in [9.17, 15) is 10.2 Å². The number of rotatable bonds is 12. The average molecular weight is 553 g/mol. The highest BCUT2D eigenvalue weighted by molar-refractivity contribution is 5.47. The van der Waals surface area contributed by atoms with Crippen molar-refractivity contribution in [1.82, 2.24) is 0 Å². The van der Waals surface area contributed by atoms with Crippen molar-refractivity contribution in [3.8, 4) is 0 Å². The summed E-state index contributed by atoms with van der Waals surface area (Å²) >= 11 is 0. The third kappa shape index (κ3) is 6.49. The van der Waals surface area contributed by atoms with Crippen LogP contribution in [0.2, 0.25) is 0 Å². The van der Waals surface area contributed by atoms with Crippen LogP contribution < -0.4 is 0 Å². The molecule has 0 bridgehead atoms. The van der Waals surface area contributed by atoms with Gasteiger partial charge in [0.1, 0.15) is 30.0 Å². The number of benzene rings is 4. The monoisotopic (exact) mass is 552 g/mol. The SMILES string of the molecule is C=CCO[C@@H]1[C@@H](OCc2ccccc2)[C@H](O)[C@@H](COC(c2ccccc2)(c2ccccc2)c2ccccc2)O[C@@H]1O. The maximum Gasteiger partial charge on any atom is 0.184 e. The molecule has 0 aliphatic carbocycles. The number of hydrogen-bond donors (Lipinski definition) is 2. The van der Waals surface area contributed by atoms with Crippen LogP contribution in [0.1, 0.15) is 22.3 Å². The van der Waals surface area contributed by atoms with Gasteiger partial charge in [-0.1, -0.05) is 127 Å². The highest BCUT2D eigenvalue weighted by atomic mass is 16.7. The van der Waals surface area contributed by atoms with Crippen molar-refractivity contribution in [2.45, 2.75) is 42.9 Å². The van der Waals surface area contributed by atoms with E-state index in [0.717, 1.165) is 22.3 Å². The van der Waals surface area contributed by atoms with Crippen molar-refractivity contribution in [2.75, 3.05) is 13.2 Å².